The summed E-state index contributed by atoms with van der Waals surface area (Å²) in [5.74, 6) is -2.38. The first kappa shape index (κ1) is 13.7. The third-order valence-electron chi connectivity index (χ3n) is 2.32. The summed E-state index contributed by atoms with van der Waals surface area (Å²) in [6.07, 6.45) is 0. The molecular weight excluding hydrogens is 234 g/mol. The Bertz CT molecular complexity index is 473. The van der Waals surface area contributed by atoms with Gasteiger partial charge in [-0.2, -0.15) is 5.26 Å². The van der Waals surface area contributed by atoms with Gasteiger partial charge in [0, 0.05) is 0 Å². The number of benzene rings is 1. The molecule has 0 aliphatic rings. The molecule has 0 saturated carbocycles. The highest BCUT2D eigenvalue weighted by molar-refractivity contribution is 6.36. The lowest BCUT2D eigenvalue weighted by molar-refractivity contribution is -0.153. The van der Waals surface area contributed by atoms with Gasteiger partial charge in [0.25, 0.3) is 5.78 Å². The molecule has 1 atom stereocenters. The molecule has 0 aliphatic heterocycles. The van der Waals surface area contributed by atoms with Crippen LogP contribution in [0.1, 0.15) is 18.4 Å². The number of carbonyl (C=O) groups excluding carboxylic acids is 2. The maximum Gasteiger partial charge on any atom is 0.376 e. The topological polar surface area (TPSA) is 76.4 Å². The number of nitriles is 1. The van der Waals surface area contributed by atoms with Gasteiger partial charge in [-0.3, -0.25) is 4.79 Å². The van der Waals surface area contributed by atoms with Gasteiger partial charge in [0.2, 0.25) is 0 Å². The van der Waals surface area contributed by atoms with Crippen molar-refractivity contribution in [1.29, 1.82) is 5.26 Å². The number of carbonyl (C=O) groups is 2. The van der Waals surface area contributed by atoms with Crippen LogP contribution in [-0.2, 0) is 14.3 Å². The summed E-state index contributed by atoms with van der Waals surface area (Å²) in [6.45, 7) is 1.70. The Balaban J connectivity index is 2.92. The van der Waals surface area contributed by atoms with Gasteiger partial charge in [-0.25, -0.2) is 4.79 Å². The van der Waals surface area contributed by atoms with E-state index in [1.165, 1.54) is 7.11 Å². The minimum atomic E-state index is -1.14. The molecule has 0 spiro atoms. The van der Waals surface area contributed by atoms with E-state index in [2.05, 4.69) is 4.74 Å². The number of nitrogens with zero attached hydrogens (tertiary/aromatic N) is 1. The molecule has 0 radical (unpaired) electrons. The standard InChI is InChI=1S/C13H13NO4/c1-3-18-13(16)12(15)11(8-14)9-4-6-10(17-2)7-5-9/h4-7,11H,3H2,1-2H3. The second-order valence-corrected chi connectivity index (χ2v) is 3.42. The Morgan fingerprint density at radius 1 is 1.33 bits per heavy atom. The molecule has 0 aliphatic carbocycles. The predicted molar refractivity (Wildman–Crippen MR) is 63.0 cm³/mol. The Labute approximate surface area is 105 Å². The monoisotopic (exact) mass is 247 g/mol. The van der Waals surface area contributed by atoms with Crippen LogP contribution in [0, 0.1) is 11.3 Å². The molecule has 18 heavy (non-hydrogen) atoms. The maximum atomic E-state index is 11.7. The lowest BCUT2D eigenvalue weighted by Gasteiger charge is -2.08. The highest BCUT2D eigenvalue weighted by atomic mass is 16.5. The van der Waals surface area contributed by atoms with E-state index >= 15 is 0 Å². The van der Waals surface area contributed by atoms with E-state index in [1.807, 2.05) is 0 Å². The molecule has 0 heterocycles. The van der Waals surface area contributed by atoms with E-state index in [0.717, 1.165) is 0 Å². The van der Waals surface area contributed by atoms with E-state index in [1.54, 1.807) is 37.3 Å². The molecule has 5 nitrogen and oxygen atoms in total. The SMILES string of the molecule is CCOC(=O)C(=O)C(C#N)c1ccc(OC)cc1. The van der Waals surface area contributed by atoms with E-state index in [-0.39, 0.29) is 6.61 Å². The van der Waals surface area contributed by atoms with Gasteiger partial charge in [-0.1, -0.05) is 12.1 Å². The van der Waals surface area contributed by atoms with Crippen molar-refractivity contribution in [2.24, 2.45) is 0 Å². The van der Waals surface area contributed by atoms with Crippen LogP contribution < -0.4 is 4.74 Å². The Morgan fingerprint density at radius 2 is 1.94 bits per heavy atom. The van der Waals surface area contributed by atoms with Crippen LogP contribution in [0.15, 0.2) is 24.3 Å². The summed E-state index contributed by atoms with van der Waals surface area (Å²) in [6, 6.07) is 8.20. The third-order valence-corrected chi connectivity index (χ3v) is 2.32. The van der Waals surface area contributed by atoms with Crippen LogP contribution in [0.4, 0.5) is 0 Å². The zero-order chi connectivity index (χ0) is 13.5. The Hall–Kier alpha value is -2.35. The van der Waals surface area contributed by atoms with Crippen LogP contribution >= 0.6 is 0 Å². The largest absolute Gasteiger partial charge is 0.497 e. The Kier molecular flexibility index (Phi) is 4.88. The number of Topliss-reactive ketones (excluding diaryl/α,β-unsaturated/α-hetero) is 1. The number of esters is 1. The van der Waals surface area contributed by atoms with Crippen molar-refractivity contribution in [3.8, 4) is 11.8 Å². The van der Waals surface area contributed by atoms with Crippen molar-refractivity contribution in [3.63, 3.8) is 0 Å². The summed E-state index contributed by atoms with van der Waals surface area (Å²) in [5.41, 5.74) is 0.441. The molecule has 5 heteroatoms. The fourth-order valence-electron chi connectivity index (χ4n) is 1.40. The molecule has 0 N–H and O–H groups in total. The quantitative estimate of drug-likeness (QED) is 0.581. The van der Waals surface area contributed by atoms with Crippen LogP contribution in [0.5, 0.6) is 5.75 Å². The number of ketones is 1. The van der Waals surface area contributed by atoms with Crippen molar-refractivity contribution in [2.75, 3.05) is 13.7 Å². The normalized spacial score (nSPS) is 11.2. The van der Waals surface area contributed by atoms with Gasteiger partial charge in [-0.15, -0.1) is 0 Å². The number of hydrogen-bond acceptors (Lipinski definition) is 5. The van der Waals surface area contributed by atoms with E-state index in [4.69, 9.17) is 10.00 Å². The molecule has 0 amide bonds. The number of methoxy groups -OCH3 is 1. The minimum Gasteiger partial charge on any atom is -0.497 e. The molecule has 0 bridgehead atoms. The summed E-state index contributed by atoms with van der Waals surface area (Å²) in [7, 11) is 1.51. The summed E-state index contributed by atoms with van der Waals surface area (Å²) < 4.78 is 9.56. The molecule has 1 aromatic carbocycles. The second-order valence-electron chi connectivity index (χ2n) is 3.42. The van der Waals surface area contributed by atoms with Crippen LogP contribution in [0.2, 0.25) is 0 Å². The smallest absolute Gasteiger partial charge is 0.376 e. The lowest BCUT2D eigenvalue weighted by atomic mass is 9.96. The molecule has 0 fully saturated rings. The van der Waals surface area contributed by atoms with Gasteiger partial charge < -0.3 is 9.47 Å². The maximum absolute atomic E-state index is 11.7. The fourth-order valence-corrected chi connectivity index (χ4v) is 1.40. The summed E-state index contributed by atoms with van der Waals surface area (Å²) >= 11 is 0. The van der Waals surface area contributed by atoms with Crippen molar-refractivity contribution in [2.45, 2.75) is 12.8 Å². The third kappa shape index (κ3) is 3.08. The summed E-state index contributed by atoms with van der Waals surface area (Å²) in [5, 5.41) is 8.98. The number of hydrogen-bond donors (Lipinski definition) is 0. The molecular formula is C13H13NO4. The van der Waals surface area contributed by atoms with Crippen LogP contribution in [0.3, 0.4) is 0 Å². The molecule has 1 rings (SSSR count). The Morgan fingerprint density at radius 3 is 2.39 bits per heavy atom. The van der Waals surface area contributed by atoms with E-state index in [9.17, 15) is 9.59 Å². The summed E-state index contributed by atoms with van der Waals surface area (Å²) in [4.78, 5) is 23.0. The van der Waals surface area contributed by atoms with E-state index < -0.39 is 17.7 Å². The van der Waals surface area contributed by atoms with Crippen molar-refractivity contribution >= 4 is 11.8 Å². The first-order chi connectivity index (χ1) is 8.63. The van der Waals surface area contributed by atoms with Crippen LogP contribution in [0.25, 0.3) is 0 Å². The van der Waals surface area contributed by atoms with E-state index in [0.29, 0.717) is 11.3 Å². The predicted octanol–water partition coefficient (Wildman–Crippen LogP) is 1.43. The zero-order valence-electron chi connectivity index (χ0n) is 10.2. The molecule has 0 saturated heterocycles. The van der Waals surface area contributed by atoms with Gasteiger partial charge in [0.1, 0.15) is 11.7 Å². The molecule has 1 unspecified atom stereocenters. The van der Waals surface area contributed by atoms with Crippen molar-refractivity contribution in [1.82, 2.24) is 0 Å². The second kappa shape index (κ2) is 6.40. The van der Waals surface area contributed by atoms with Crippen molar-refractivity contribution < 1.29 is 19.1 Å². The zero-order valence-corrected chi connectivity index (χ0v) is 10.2. The molecule has 0 aromatic heterocycles. The number of rotatable bonds is 5. The minimum absolute atomic E-state index is 0.103. The molecule has 1 aromatic rings. The fraction of sp³-hybridized carbons (Fsp3) is 0.308. The van der Waals surface area contributed by atoms with Crippen LogP contribution in [-0.4, -0.2) is 25.5 Å². The molecule has 94 valence electrons. The lowest BCUT2D eigenvalue weighted by Crippen LogP contribution is -2.23. The van der Waals surface area contributed by atoms with Gasteiger partial charge >= 0.3 is 5.97 Å². The van der Waals surface area contributed by atoms with Crippen molar-refractivity contribution in [3.05, 3.63) is 29.8 Å². The van der Waals surface area contributed by atoms with Gasteiger partial charge in [0.15, 0.2) is 0 Å². The first-order valence-corrected chi connectivity index (χ1v) is 5.38. The average Bonchev–Trinajstić information content (AvgIpc) is 2.40. The first-order valence-electron chi connectivity index (χ1n) is 5.38. The average molecular weight is 247 g/mol. The highest BCUT2D eigenvalue weighted by Gasteiger charge is 2.27. The van der Waals surface area contributed by atoms with Gasteiger partial charge in [-0.05, 0) is 24.6 Å². The highest BCUT2D eigenvalue weighted by Crippen LogP contribution is 2.20. The van der Waals surface area contributed by atoms with Gasteiger partial charge in [0.05, 0.1) is 19.8 Å². The number of ether oxygens (including phenoxy) is 2.